The van der Waals surface area contributed by atoms with Gasteiger partial charge in [-0.1, -0.05) is 23.8 Å². The number of nitrogens with one attached hydrogen (secondary N) is 1. The number of ether oxygens (including phenoxy) is 1. The lowest BCUT2D eigenvalue weighted by Gasteiger charge is -2.08. The first kappa shape index (κ1) is 17.7. The molecule has 4 nitrogen and oxygen atoms in total. The van der Waals surface area contributed by atoms with Crippen LogP contribution in [0.25, 0.3) is 0 Å². The summed E-state index contributed by atoms with van der Waals surface area (Å²) in [5, 5.41) is 2.85. The van der Waals surface area contributed by atoms with Gasteiger partial charge in [-0.05, 0) is 61.4 Å². The van der Waals surface area contributed by atoms with Crippen LogP contribution in [0.15, 0.2) is 59.0 Å². The second-order valence-electron chi connectivity index (χ2n) is 6.12. The third-order valence-corrected chi connectivity index (χ3v) is 4.02. The van der Waals surface area contributed by atoms with Crippen LogP contribution in [0, 0.1) is 19.7 Å². The maximum absolute atomic E-state index is 12.9. The first-order valence-electron chi connectivity index (χ1n) is 8.32. The predicted octanol–water partition coefficient (Wildman–Crippen LogP) is 4.54. The fourth-order valence-corrected chi connectivity index (χ4v) is 2.57. The van der Waals surface area contributed by atoms with E-state index in [-0.39, 0.29) is 24.1 Å². The molecule has 1 N–H and O–H groups in total. The standard InChI is InChI=1S/C21H20FNO3/c1-14-3-4-16(15(2)11-14)12-23-21(24)20-10-9-19(26-20)13-25-18-7-5-17(22)6-8-18/h3-11H,12-13H2,1-2H3,(H,23,24). The summed E-state index contributed by atoms with van der Waals surface area (Å²) in [5.74, 6) is 0.679. The number of hydrogen-bond donors (Lipinski definition) is 1. The van der Waals surface area contributed by atoms with Crippen LogP contribution in [0.5, 0.6) is 5.75 Å². The molecular formula is C21H20FNO3. The molecular weight excluding hydrogens is 333 g/mol. The molecule has 0 bridgehead atoms. The smallest absolute Gasteiger partial charge is 0.287 e. The number of aryl methyl sites for hydroxylation is 2. The summed E-state index contributed by atoms with van der Waals surface area (Å²) < 4.78 is 23.9. The zero-order chi connectivity index (χ0) is 18.5. The van der Waals surface area contributed by atoms with Gasteiger partial charge >= 0.3 is 0 Å². The van der Waals surface area contributed by atoms with Gasteiger partial charge in [-0.15, -0.1) is 0 Å². The van der Waals surface area contributed by atoms with Crippen molar-refractivity contribution in [3.63, 3.8) is 0 Å². The second-order valence-corrected chi connectivity index (χ2v) is 6.12. The van der Waals surface area contributed by atoms with E-state index in [0.29, 0.717) is 18.1 Å². The highest BCUT2D eigenvalue weighted by atomic mass is 19.1. The van der Waals surface area contributed by atoms with E-state index in [0.717, 1.165) is 11.1 Å². The summed E-state index contributed by atoms with van der Waals surface area (Å²) in [6.45, 7) is 4.66. The Morgan fingerprint density at radius 2 is 1.85 bits per heavy atom. The van der Waals surface area contributed by atoms with Gasteiger partial charge in [0.05, 0.1) is 0 Å². The minimum absolute atomic E-state index is 0.163. The van der Waals surface area contributed by atoms with Crippen molar-refractivity contribution < 1.29 is 18.3 Å². The van der Waals surface area contributed by atoms with E-state index in [1.54, 1.807) is 12.1 Å². The molecule has 0 spiro atoms. The third kappa shape index (κ3) is 4.51. The van der Waals surface area contributed by atoms with E-state index in [2.05, 4.69) is 11.4 Å². The molecule has 3 rings (SSSR count). The number of rotatable bonds is 6. The van der Waals surface area contributed by atoms with Gasteiger partial charge < -0.3 is 14.5 Å². The Hall–Kier alpha value is -3.08. The van der Waals surface area contributed by atoms with Crippen molar-refractivity contribution >= 4 is 5.91 Å². The van der Waals surface area contributed by atoms with E-state index < -0.39 is 0 Å². The first-order valence-corrected chi connectivity index (χ1v) is 8.32. The maximum Gasteiger partial charge on any atom is 0.287 e. The number of benzene rings is 2. The van der Waals surface area contributed by atoms with Gasteiger partial charge in [0.25, 0.3) is 5.91 Å². The van der Waals surface area contributed by atoms with Gasteiger partial charge in [0.1, 0.15) is 23.9 Å². The number of carbonyl (C=O) groups excluding carboxylic acids is 1. The highest BCUT2D eigenvalue weighted by molar-refractivity contribution is 5.91. The molecule has 1 heterocycles. The number of carbonyl (C=O) groups is 1. The average Bonchev–Trinajstić information content (AvgIpc) is 3.09. The second kappa shape index (κ2) is 7.87. The molecule has 0 saturated carbocycles. The highest BCUT2D eigenvalue weighted by Crippen LogP contribution is 2.15. The summed E-state index contributed by atoms with van der Waals surface area (Å²) in [6, 6.07) is 15.1. The van der Waals surface area contributed by atoms with E-state index in [1.165, 1.54) is 29.8 Å². The van der Waals surface area contributed by atoms with Gasteiger partial charge in [-0.2, -0.15) is 0 Å². The molecule has 0 aliphatic heterocycles. The van der Waals surface area contributed by atoms with Crippen molar-refractivity contribution in [1.29, 1.82) is 0 Å². The number of furan rings is 1. The zero-order valence-corrected chi connectivity index (χ0v) is 14.7. The van der Waals surface area contributed by atoms with Crippen LogP contribution < -0.4 is 10.1 Å². The molecule has 0 atom stereocenters. The summed E-state index contributed by atoms with van der Waals surface area (Å²) in [6.07, 6.45) is 0. The van der Waals surface area contributed by atoms with Gasteiger partial charge in [0, 0.05) is 6.54 Å². The Morgan fingerprint density at radius 1 is 1.08 bits per heavy atom. The van der Waals surface area contributed by atoms with E-state index in [9.17, 15) is 9.18 Å². The van der Waals surface area contributed by atoms with Gasteiger partial charge in [0.15, 0.2) is 5.76 Å². The molecule has 0 aliphatic rings. The van der Waals surface area contributed by atoms with Crippen LogP contribution in [-0.4, -0.2) is 5.91 Å². The number of amides is 1. The summed E-state index contributed by atoms with van der Waals surface area (Å²) in [5.41, 5.74) is 3.39. The minimum atomic E-state index is -0.321. The first-order chi connectivity index (χ1) is 12.5. The van der Waals surface area contributed by atoms with Crippen molar-refractivity contribution in [2.75, 3.05) is 0 Å². The molecule has 134 valence electrons. The lowest BCUT2D eigenvalue weighted by Crippen LogP contribution is -2.22. The van der Waals surface area contributed by atoms with Crippen molar-refractivity contribution in [2.24, 2.45) is 0 Å². The summed E-state index contributed by atoms with van der Waals surface area (Å²) in [7, 11) is 0. The van der Waals surface area contributed by atoms with Crippen LogP contribution >= 0.6 is 0 Å². The van der Waals surface area contributed by atoms with Crippen molar-refractivity contribution in [2.45, 2.75) is 27.0 Å². The molecule has 5 heteroatoms. The predicted molar refractivity (Wildman–Crippen MR) is 96.5 cm³/mol. The number of halogens is 1. The maximum atomic E-state index is 12.9. The van der Waals surface area contributed by atoms with Crippen molar-refractivity contribution in [1.82, 2.24) is 5.32 Å². The Kier molecular flexibility index (Phi) is 5.37. The van der Waals surface area contributed by atoms with E-state index in [4.69, 9.17) is 9.15 Å². The normalized spacial score (nSPS) is 10.6. The highest BCUT2D eigenvalue weighted by Gasteiger charge is 2.12. The topological polar surface area (TPSA) is 51.5 Å². The van der Waals surface area contributed by atoms with Crippen LogP contribution in [0.3, 0.4) is 0 Å². The third-order valence-electron chi connectivity index (χ3n) is 4.02. The molecule has 0 saturated heterocycles. The van der Waals surface area contributed by atoms with Gasteiger partial charge in [-0.25, -0.2) is 4.39 Å². The molecule has 1 aromatic heterocycles. The summed E-state index contributed by atoms with van der Waals surface area (Å²) >= 11 is 0. The van der Waals surface area contributed by atoms with Crippen LogP contribution in [-0.2, 0) is 13.2 Å². The van der Waals surface area contributed by atoms with E-state index in [1.807, 2.05) is 26.0 Å². The van der Waals surface area contributed by atoms with Crippen LogP contribution in [0.4, 0.5) is 4.39 Å². The Bertz CT molecular complexity index is 900. The number of hydrogen-bond acceptors (Lipinski definition) is 3. The average molecular weight is 353 g/mol. The molecule has 0 unspecified atom stereocenters. The zero-order valence-electron chi connectivity index (χ0n) is 14.7. The minimum Gasteiger partial charge on any atom is -0.486 e. The Balaban J connectivity index is 1.54. The monoisotopic (exact) mass is 353 g/mol. The van der Waals surface area contributed by atoms with Gasteiger partial charge in [-0.3, -0.25) is 4.79 Å². The SMILES string of the molecule is Cc1ccc(CNC(=O)c2ccc(COc3ccc(F)cc3)o2)c(C)c1. The molecule has 1 amide bonds. The van der Waals surface area contributed by atoms with E-state index >= 15 is 0 Å². The molecule has 0 radical (unpaired) electrons. The van der Waals surface area contributed by atoms with Crippen LogP contribution in [0.1, 0.15) is 33.0 Å². The fourth-order valence-electron chi connectivity index (χ4n) is 2.57. The van der Waals surface area contributed by atoms with Crippen LogP contribution in [0.2, 0.25) is 0 Å². The summed E-state index contributed by atoms with van der Waals surface area (Å²) in [4.78, 5) is 12.2. The Labute approximate surface area is 151 Å². The van der Waals surface area contributed by atoms with Crippen molar-refractivity contribution in [3.05, 3.63) is 88.6 Å². The molecule has 3 aromatic rings. The molecule has 2 aromatic carbocycles. The Morgan fingerprint density at radius 3 is 2.58 bits per heavy atom. The van der Waals surface area contributed by atoms with Crippen molar-refractivity contribution in [3.8, 4) is 5.75 Å². The lowest BCUT2D eigenvalue weighted by atomic mass is 10.1. The lowest BCUT2D eigenvalue weighted by molar-refractivity contribution is 0.0919. The van der Waals surface area contributed by atoms with Gasteiger partial charge in [0.2, 0.25) is 0 Å². The molecule has 0 aliphatic carbocycles. The molecule has 26 heavy (non-hydrogen) atoms. The fraction of sp³-hybridized carbons (Fsp3) is 0.190. The quantitative estimate of drug-likeness (QED) is 0.708. The largest absolute Gasteiger partial charge is 0.486 e. The molecule has 0 fully saturated rings.